The number of hydrogen-bond donors (Lipinski definition) is 2. The van der Waals surface area contributed by atoms with E-state index in [1.54, 1.807) is 24.3 Å². The molecule has 0 bridgehead atoms. The standard InChI is InChI=1S/C11H15NO4S/c1-2-5-9(13)11-8-6-3-4-7-10(8)16-17(14,15)12-11/h3-4,6-7,9,11-13H,2,5H2,1H3/t9-,11-/m1/s1. The van der Waals surface area contributed by atoms with E-state index in [-0.39, 0.29) is 5.75 Å². The van der Waals surface area contributed by atoms with Gasteiger partial charge in [0.15, 0.2) is 0 Å². The van der Waals surface area contributed by atoms with E-state index in [1.807, 2.05) is 6.92 Å². The Morgan fingerprint density at radius 3 is 2.88 bits per heavy atom. The number of aliphatic hydroxyl groups excluding tert-OH is 1. The molecule has 0 saturated carbocycles. The Labute approximate surface area is 101 Å². The van der Waals surface area contributed by atoms with E-state index in [1.165, 1.54) is 0 Å². The van der Waals surface area contributed by atoms with Gasteiger partial charge >= 0.3 is 10.3 Å². The number of para-hydroxylation sites is 1. The number of nitrogens with one attached hydrogen (secondary N) is 1. The summed E-state index contributed by atoms with van der Waals surface area (Å²) in [6, 6.07) is 6.18. The number of rotatable bonds is 3. The van der Waals surface area contributed by atoms with Crippen molar-refractivity contribution in [2.24, 2.45) is 0 Å². The molecule has 0 amide bonds. The fourth-order valence-electron chi connectivity index (χ4n) is 1.92. The minimum atomic E-state index is -3.82. The second-order valence-electron chi connectivity index (χ2n) is 4.03. The highest BCUT2D eigenvalue weighted by molar-refractivity contribution is 7.85. The summed E-state index contributed by atoms with van der Waals surface area (Å²) in [4.78, 5) is 0. The summed E-state index contributed by atoms with van der Waals surface area (Å²) in [5, 5.41) is 9.97. The fourth-order valence-corrected chi connectivity index (χ4v) is 2.95. The second kappa shape index (κ2) is 4.64. The Balaban J connectivity index is 2.39. The first-order valence-electron chi connectivity index (χ1n) is 5.52. The highest BCUT2D eigenvalue weighted by atomic mass is 32.2. The van der Waals surface area contributed by atoms with E-state index >= 15 is 0 Å². The van der Waals surface area contributed by atoms with Crippen LogP contribution in [0.5, 0.6) is 5.75 Å². The van der Waals surface area contributed by atoms with Gasteiger partial charge in [0.2, 0.25) is 0 Å². The van der Waals surface area contributed by atoms with Gasteiger partial charge in [0.05, 0.1) is 12.1 Å². The van der Waals surface area contributed by atoms with Crippen LogP contribution in [0.25, 0.3) is 0 Å². The normalized spacial score (nSPS) is 23.5. The molecule has 6 heteroatoms. The summed E-state index contributed by atoms with van der Waals surface area (Å²) in [6.07, 6.45) is 0.559. The molecule has 1 aromatic rings. The molecular formula is C11H15NO4S. The van der Waals surface area contributed by atoms with Crippen LogP contribution in [0.1, 0.15) is 31.4 Å². The highest BCUT2D eigenvalue weighted by Gasteiger charge is 2.34. The molecule has 17 heavy (non-hydrogen) atoms. The van der Waals surface area contributed by atoms with Crippen molar-refractivity contribution in [1.82, 2.24) is 4.72 Å². The topological polar surface area (TPSA) is 75.6 Å². The first-order valence-corrected chi connectivity index (χ1v) is 6.93. The van der Waals surface area contributed by atoms with Crippen molar-refractivity contribution in [3.63, 3.8) is 0 Å². The summed E-state index contributed by atoms with van der Waals surface area (Å²) in [5.41, 5.74) is 0.670. The van der Waals surface area contributed by atoms with Crippen LogP contribution in [0.3, 0.4) is 0 Å². The Bertz CT molecular complexity index is 500. The monoisotopic (exact) mass is 257 g/mol. The minimum Gasteiger partial charge on any atom is -0.391 e. The molecule has 2 rings (SSSR count). The van der Waals surface area contributed by atoms with Gasteiger partial charge in [0.25, 0.3) is 0 Å². The summed E-state index contributed by atoms with van der Waals surface area (Å²) in [7, 11) is -3.82. The molecule has 0 spiro atoms. The lowest BCUT2D eigenvalue weighted by atomic mass is 9.98. The summed E-state index contributed by atoms with van der Waals surface area (Å²) < 4.78 is 30.1. The quantitative estimate of drug-likeness (QED) is 0.850. The first-order chi connectivity index (χ1) is 8.03. The Hall–Kier alpha value is -1.11. The van der Waals surface area contributed by atoms with Gasteiger partial charge in [-0.1, -0.05) is 31.5 Å². The number of aliphatic hydroxyl groups is 1. The predicted octanol–water partition coefficient (Wildman–Crippen LogP) is 1.12. The Kier molecular flexibility index (Phi) is 3.37. The zero-order chi connectivity index (χ0) is 12.5. The second-order valence-corrected chi connectivity index (χ2v) is 5.34. The smallest absolute Gasteiger partial charge is 0.383 e. The van der Waals surface area contributed by atoms with Crippen molar-refractivity contribution in [3.8, 4) is 5.75 Å². The van der Waals surface area contributed by atoms with Crippen molar-refractivity contribution in [2.45, 2.75) is 31.9 Å². The van der Waals surface area contributed by atoms with Crippen molar-refractivity contribution in [2.75, 3.05) is 0 Å². The molecule has 1 aliphatic rings. The van der Waals surface area contributed by atoms with Crippen molar-refractivity contribution in [3.05, 3.63) is 29.8 Å². The van der Waals surface area contributed by atoms with E-state index in [0.29, 0.717) is 12.0 Å². The van der Waals surface area contributed by atoms with Crippen LogP contribution in [-0.2, 0) is 10.3 Å². The van der Waals surface area contributed by atoms with Crippen LogP contribution < -0.4 is 8.91 Å². The third kappa shape index (κ3) is 2.59. The molecule has 0 radical (unpaired) electrons. The Morgan fingerprint density at radius 2 is 2.18 bits per heavy atom. The molecule has 5 nitrogen and oxygen atoms in total. The van der Waals surface area contributed by atoms with Crippen LogP contribution in [0.2, 0.25) is 0 Å². The summed E-state index contributed by atoms with van der Waals surface area (Å²) in [6.45, 7) is 1.93. The van der Waals surface area contributed by atoms with Gasteiger partial charge in [-0.3, -0.25) is 0 Å². The lowest BCUT2D eigenvalue weighted by Gasteiger charge is -2.29. The van der Waals surface area contributed by atoms with E-state index in [9.17, 15) is 13.5 Å². The molecule has 0 aliphatic carbocycles. The van der Waals surface area contributed by atoms with Crippen molar-refractivity contribution >= 4 is 10.3 Å². The number of fused-ring (bicyclic) bond motifs is 1. The number of hydrogen-bond acceptors (Lipinski definition) is 4. The molecule has 1 aromatic carbocycles. The molecule has 1 heterocycles. The van der Waals surface area contributed by atoms with Gasteiger partial charge in [-0.15, -0.1) is 0 Å². The Morgan fingerprint density at radius 1 is 1.47 bits per heavy atom. The van der Waals surface area contributed by atoms with Crippen LogP contribution in [-0.4, -0.2) is 19.6 Å². The lowest BCUT2D eigenvalue weighted by molar-refractivity contribution is 0.123. The SMILES string of the molecule is CCC[C@@H](O)[C@@H]1NS(=O)(=O)Oc2ccccc21. The van der Waals surface area contributed by atoms with Crippen LogP contribution in [0.4, 0.5) is 0 Å². The average molecular weight is 257 g/mol. The van der Waals surface area contributed by atoms with E-state index in [4.69, 9.17) is 4.18 Å². The third-order valence-corrected chi connectivity index (χ3v) is 3.64. The first kappa shape index (κ1) is 12.3. The van der Waals surface area contributed by atoms with Crippen LogP contribution >= 0.6 is 0 Å². The minimum absolute atomic E-state index is 0.284. The van der Waals surface area contributed by atoms with Crippen molar-refractivity contribution in [1.29, 1.82) is 0 Å². The van der Waals surface area contributed by atoms with Crippen molar-refractivity contribution < 1.29 is 17.7 Å². The third-order valence-electron chi connectivity index (χ3n) is 2.69. The van der Waals surface area contributed by atoms with Gasteiger partial charge < -0.3 is 9.29 Å². The van der Waals surface area contributed by atoms with Crippen LogP contribution in [0.15, 0.2) is 24.3 Å². The van der Waals surface area contributed by atoms with Gasteiger partial charge in [-0.25, -0.2) is 0 Å². The maximum atomic E-state index is 11.5. The lowest BCUT2D eigenvalue weighted by Crippen LogP contribution is -2.42. The van der Waals surface area contributed by atoms with E-state index in [2.05, 4.69) is 4.72 Å². The molecule has 0 saturated heterocycles. The molecule has 2 N–H and O–H groups in total. The maximum Gasteiger partial charge on any atom is 0.383 e. The average Bonchev–Trinajstić information content (AvgIpc) is 2.27. The predicted molar refractivity (Wildman–Crippen MR) is 62.8 cm³/mol. The zero-order valence-corrected chi connectivity index (χ0v) is 10.3. The molecule has 0 aromatic heterocycles. The zero-order valence-electron chi connectivity index (χ0n) is 9.46. The molecule has 1 aliphatic heterocycles. The highest BCUT2D eigenvalue weighted by Crippen LogP contribution is 2.33. The maximum absolute atomic E-state index is 11.5. The van der Waals surface area contributed by atoms with E-state index in [0.717, 1.165) is 6.42 Å². The molecule has 0 fully saturated rings. The van der Waals surface area contributed by atoms with Gasteiger partial charge in [-0.2, -0.15) is 13.1 Å². The van der Waals surface area contributed by atoms with Gasteiger partial charge in [0, 0.05) is 5.56 Å². The molecule has 94 valence electrons. The number of benzene rings is 1. The molecule has 2 atom stereocenters. The van der Waals surface area contributed by atoms with E-state index < -0.39 is 22.4 Å². The summed E-state index contributed by atoms with van der Waals surface area (Å²) >= 11 is 0. The van der Waals surface area contributed by atoms with Gasteiger partial charge in [-0.05, 0) is 12.5 Å². The molecular weight excluding hydrogens is 242 g/mol. The summed E-state index contributed by atoms with van der Waals surface area (Å²) in [5.74, 6) is 0.284. The fraction of sp³-hybridized carbons (Fsp3) is 0.455. The van der Waals surface area contributed by atoms with Crippen LogP contribution in [0, 0.1) is 0 Å². The largest absolute Gasteiger partial charge is 0.391 e. The molecule has 0 unspecified atom stereocenters. The van der Waals surface area contributed by atoms with Gasteiger partial charge in [0.1, 0.15) is 5.75 Å².